The molecule has 2 heterocycles. The van der Waals surface area contributed by atoms with Gasteiger partial charge in [0.05, 0.1) is 5.41 Å². The fraction of sp³-hybridized carbons (Fsp3) is 0.130. The van der Waals surface area contributed by atoms with Gasteiger partial charge in [0.15, 0.2) is 0 Å². The van der Waals surface area contributed by atoms with Crippen LogP contribution < -0.4 is 0 Å². The monoisotopic (exact) mass is 358 g/mol. The third-order valence-electron chi connectivity index (χ3n) is 5.17. The molecule has 0 saturated carbocycles. The van der Waals surface area contributed by atoms with Gasteiger partial charge in [-0.3, -0.25) is 0 Å². The van der Waals surface area contributed by atoms with Crippen molar-refractivity contribution in [1.29, 1.82) is 0 Å². The fourth-order valence-electron chi connectivity index (χ4n) is 4.16. The second-order valence-electron chi connectivity index (χ2n) is 6.66. The van der Waals surface area contributed by atoms with Gasteiger partial charge in [-0.1, -0.05) is 48.5 Å². The zero-order chi connectivity index (χ0) is 17.0. The molecule has 0 saturated heterocycles. The first-order valence-corrected chi connectivity index (χ1v) is 10.2. The maximum absolute atomic E-state index is 2.33. The van der Waals surface area contributed by atoms with Gasteiger partial charge in [-0.25, -0.2) is 0 Å². The van der Waals surface area contributed by atoms with Crippen molar-refractivity contribution in [2.24, 2.45) is 0 Å². The molecule has 0 amide bonds. The highest BCUT2D eigenvalue weighted by Gasteiger charge is 2.47. The van der Waals surface area contributed by atoms with E-state index in [1.54, 1.807) is 0 Å². The lowest BCUT2D eigenvalue weighted by atomic mass is 9.75. The molecule has 0 N–H and O–H groups in total. The maximum atomic E-state index is 2.33. The Morgan fingerprint density at radius 1 is 0.560 bits per heavy atom. The molecular formula is C23H18S2. The molecule has 0 radical (unpaired) electrons. The van der Waals surface area contributed by atoms with Crippen molar-refractivity contribution in [3.63, 3.8) is 0 Å². The lowest BCUT2D eigenvalue weighted by Gasteiger charge is -2.30. The summed E-state index contributed by atoms with van der Waals surface area (Å²) < 4.78 is 0. The van der Waals surface area contributed by atoms with Crippen LogP contribution in [0.4, 0.5) is 0 Å². The predicted molar refractivity (Wildman–Crippen MR) is 109 cm³/mol. The van der Waals surface area contributed by atoms with Crippen LogP contribution in [0.2, 0.25) is 0 Å². The molecule has 0 fully saturated rings. The molecule has 0 bridgehead atoms. The van der Waals surface area contributed by atoms with E-state index in [0.717, 1.165) is 0 Å². The summed E-state index contributed by atoms with van der Waals surface area (Å²) in [5, 5.41) is 0. The van der Waals surface area contributed by atoms with Crippen LogP contribution in [0.25, 0.3) is 11.1 Å². The Hall–Kier alpha value is -2.16. The van der Waals surface area contributed by atoms with Crippen LogP contribution in [-0.4, -0.2) is 0 Å². The van der Waals surface area contributed by atoms with E-state index in [-0.39, 0.29) is 5.41 Å². The molecule has 122 valence electrons. The largest absolute Gasteiger partial charge is 0.144 e. The lowest BCUT2D eigenvalue weighted by Crippen LogP contribution is -2.26. The number of hydrogen-bond donors (Lipinski definition) is 0. The molecule has 0 unspecified atom stereocenters. The van der Waals surface area contributed by atoms with Gasteiger partial charge in [0, 0.05) is 19.5 Å². The van der Waals surface area contributed by atoms with Crippen molar-refractivity contribution in [1.82, 2.24) is 0 Å². The van der Waals surface area contributed by atoms with E-state index >= 15 is 0 Å². The second-order valence-corrected chi connectivity index (χ2v) is 9.24. The molecule has 2 heteroatoms. The normalized spacial score (nSPS) is 14.3. The maximum Gasteiger partial charge on any atom is 0.0899 e. The Kier molecular flexibility index (Phi) is 3.28. The van der Waals surface area contributed by atoms with Crippen molar-refractivity contribution < 1.29 is 0 Å². The molecule has 0 aliphatic heterocycles. The highest BCUT2D eigenvalue weighted by atomic mass is 32.1. The van der Waals surface area contributed by atoms with E-state index in [2.05, 4.69) is 86.6 Å². The number of thiophene rings is 2. The predicted octanol–water partition coefficient (Wildman–Crippen LogP) is 6.79. The standard InChI is InChI=1S/C23H18S2/c1-15-11-13-21(24-15)23(22-14-12-16(2)25-22)19-9-5-3-7-17(19)18-8-4-6-10-20(18)23/h3-14H,1-2H3. The van der Waals surface area contributed by atoms with E-state index < -0.39 is 0 Å². The molecule has 2 aromatic heterocycles. The first-order valence-electron chi connectivity index (χ1n) is 8.54. The molecular weight excluding hydrogens is 340 g/mol. The molecule has 0 spiro atoms. The van der Waals surface area contributed by atoms with E-state index in [0.29, 0.717) is 0 Å². The zero-order valence-corrected chi connectivity index (χ0v) is 15.9. The highest BCUT2D eigenvalue weighted by Crippen LogP contribution is 2.58. The van der Waals surface area contributed by atoms with Gasteiger partial charge in [0.25, 0.3) is 0 Å². The van der Waals surface area contributed by atoms with Crippen molar-refractivity contribution in [3.8, 4) is 11.1 Å². The molecule has 0 nitrogen and oxygen atoms in total. The zero-order valence-electron chi connectivity index (χ0n) is 14.2. The average Bonchev–Trinajstić information content (AvgIpc) is 3.32. The van der Waals surface area contributed by atoms with Crippen LogP contribution >= 0.6 is 22.7 Å². The number of fused-ring (bicyclic) bond motifs is 3. The van der Waals surface area contributed by atoms with Crippen molar-refractivity contribution in [2.45, 2.75) is 19.3 Å². The van der Waals surface area contributed by atoms with Gasteiger partial charge in [-0.2, -0.15) is 0 Å². The third kappa shape index (κ3) is 1.98. The molecule has 0 atom stereocenters. The summed E-state index contributed by atoms with van der Waals surface area (Å²) in [5.41, 5.74) is 5.40. The van der Waals surface area contributed by atoms with Crippen LogP contribution in [0.5, 0.6) is 0 Å². The van der Waals surface area contributed by atoms with Crippen molar-refractivity contribution in [2.75, 3.05) is 0 Å². The number of rotatable bonds is 2. The summed E-state index contributed by atoms with van der Waals surface area (Å²) in [6.45, 7) is 4.41. The third-order valence-corrected chi connectivity index (χ3v) is 7.41. The molecule has 4 aromatic rings. The summed E-state index contributed by atoms with van der Waals surface area (Å²) >= 11 is 3.84. The second kappa shape index (κ2) is 5.42. The minimum absolute atomic E-state index is 0.176. The van der Waals surface area contributed by atoms with Crippen molar-refractivity contribution >= 4 is 22.7 Å². The minimum atomic E-state index is -0.176. The van der Waals surface area contributed by atoms with Crippen LogP contribution in [0.1, 0.15) is 30.6 Å². The Balaban J connectivity index is 1.97. The Morgan fingerprint density at radius 3 is 1.40 bits per heavy atom. The van der Waals surface area contributed by atoms with Gasteiger partial charge in [-0.05, 0) is 60.4 Å². The Morgan fingerprint density at radius 2 is 1.00 bits per heavy atom. The molecule has 2 aromatic carbocycles. The van der Waals surface area contributed by atoms with Crippen molar-refractivity contribution in [3.05, 3.63) is 103 Å². The summed E-state index contributed by atoms with van der Waals surface area (Å²) in [5.74, 6) is 0. The Bertz CT molecular complexity index is 993. The summed E-state index contributed by atoms with van der Waals surface area (Å²) in [6.07, 6.45) is 0. The summed E-state index contributed by atoms with van der Waals surface area (Å²) in [7, 11) is 0. The number of aryl methyl sites for hydroxylation is 2. The lowest BCUT2D eigenvalue weighted by molar-refractivity contribution is 0.808. The van der Waals surface area contributed by atoms with Crippen LogP contribution in [0.3, 0.4) is 0 Å². The smallest absolute Gasteiger partial charge is 0.0899 e. The minimum Gasteiger partial charge on any atom is -0.144 e. The molecule has 1 aliphatic rings. The number of hydrogen-bond acceptors (Lipinski definition) is 2. The van der Waals surface area contributed by atoms with Gasteiger partial charge in [0.2, 0.25) is 0 Å². The van der Waals surface area contributed by atoms with E-state index in [9.17, 15) is 0 Å². The first kappa shape index (κ1) is 15.1. The highest BCUT2D eigenvalue weighted by molar-refractivity contribution is 7.14. The molecule has 5 rings (SSSR count). The summed E-state index contributed by atoms with van der Waals surface area (Å²) in [6, 6.07) is 27.0. The van der Waals surface area contributed by atoms with E-state index in [1.807, 2.05) is 22.7 Å². The molecule has 25 heavy (non-hydrogen) atoms. The van der Waals surface area contributed by atoms with Gasteiger partial charge >= 0.3 is 0 Å². The quantitative estimate of drug-likeness (QED) is 0.326. The SMILES string of the molecule is Cc1ccc(C2(c3ccc(C)s3)c3ccccc3-c3ccccc32)s1. The van der Waals surface area contributed by atoms with E-state index in [4.69, 9.17) is 0 Å². The van der Waals surface area contributed by atoms with Crippen LogP contribution in [0.15, 0.2) is 72.8 Å². The van der Waals surface area contributed by atoms with Crippen LogP contribution in [0, 0.1) is 13.8 Å². The fourth-order valence-corrected chi connectivity index (χ4v) is 6.43. The summed E-state index contributed by atoms with van der Waals surface area (Å²) in [4.78, 5) is 5.57. The molecule has 1 aliphatic carbocycles. The topological polar surface area (TPSA) is 0 Å². The van der Waals surface area contributed by atoms with E-state index in [1.165, 1.54) is 41.8 Å². The number of benzene rings is 2. The average molecular weight is 359 g/mol. The Labute approximate surface area is 156 Å². The first-order chi connectivity index (χ1) is 12.2. The van der Waals surface area contributed by atoms with Gasteiger partial charge < -0.3 is 0 Å². The van der Waals surface area contributed by atoms with Gasteiger partial charge in [0.1, 0.15) is 0 Å². The van der Waals surface area contributed by atoms with Crippen LogP contribution in [-0.2, 0) is 5.41 Å². The van der Waals surface area contributed by atoms with Gasteiger partial charge in [-0.15, -0.1) is 22.7 Å².